The normalized spacial score (nSPS) is 14.7. The van der Waals surface area contributed by atoms with Crippen LogP contribution in [-0.4, -0.2) is 55.9 Å². The third-order valence-corrected chi connectivity index (χ3v) is 1.40. The molecule has 14 heavy (non-hydrogen) atoms. The van der Waals surface area contributed by atoms with Gasteiger partial charge in [-0.25, -0.2) is 11.0 Å². The lowest BCUT2D eigenvalue weighted by Gasteiger charge is -2.19. The quantitative estimate of drug-likeness (QED) is 0.184. The molecule has 82 valence electrons. The van der Waals surface area contributed by atoms with Crippen molar-refractivity contribution in [2.24, 2.45) is 0 Å². The second-order valence-electron chi connectivity index (χ2n) is 2.33. The molecule has 9 heteroatoms. The Morgan fingerprint density at radius 2 is 1.14 bits per heavy atom. The SMILES string of the molecule is O=C(NO)[C@@H](O)C(O)[C@H](O)C(=O)NO. The van der Waals surface area contributed by atoms with Crippen molar-refractivity contribution in [1.82, 2.24) is 11.0 Å². The lowest BCUT2D eigenvalue weighted by atomic mass is 10.1. The van der Waals surface area contributed by atoms with Gasteiger partial charge in [0.2, 0.25) is 0 Å². The highest BCUT2D eigenvalue weighted by molar-refractivity contribution is 5.84. The van der Waals surface area contributed by atoms with Crippen LogP contribution in [0.3, 0.4) is 0 Å². The first-order valence-corrected chi connectivity index (χ1v) is 3.37. The summed E-state index contributed by atoms with van der Waals surface area (Å²) in [4.78, 5) is 21.0. The number of hydrogen-bond acceptors (Lipinski definition) is 7. The van der Waals surface area contributed by atoms with E-state index in [1.807, 2.05) is 0 Å². The van der Waals surface area contributed by atoms with Gasteiger partial charge in [0.15, 0.2) is 12.2 Å². The minimum Gasteiger partial charge on any atom is -0.387 e. The first-order chi connectivity index (χ1) is 6.45. The van der Waals surface area contributed by atoms with Crippen LogP contribution in [0.4, 0.5) is 0 Å². The molecule has 0 aromatic rings. The number of aliphatic hydroxyl groups excluding tert-OH is 3. The van der Waals surface area contributed by atoms with Gasteiger partial charge < -0.3 is 15.3 Å². The molecule has 2 atom stereocenters. The Bertz CT molecular complexity index is 198. The van der Waals surface area contributed by atoms with Crippen molar-refractivity contribution in [2.45, 2.75) is 18.3 Å². The number of carbonyl (C=O) groups excluding carboxylic acids is 2. The number of nitrogens with one attached hydrogen (secondary N) is 2. The van der Waals surface area contributed by atoms with Gasteiger partial charge in [-0.2, -0.15) is 0 Å². The van der Waals surface area contributed by atoms with Crippen LogP contribution in [0, 0.1) is 0 Å². The molecule has 0 aliphatic rings. The number of rotatable bonds is 4. The van der Waals surface area contributed by atoms with Crippen LogP contribution >= 0.6 is 0 Å². The minimum absolute atomic E-state index is 1.00. The number of aliphatic hydroxyl groups is 3. The molecule has 0 aliphatic carbocycles. The minimum atomic E-state index is -2.20. The summed E-state index contributed by atoms with van der Waals surface area (Å²) in [6, 6.07) is 0. The Morgan fingerprint density at radius 1 is 0.857 bits per heavy atom. The lowest BCUT2D eigenvalue weighted by molar-refractivity contribution is -0.158. The first kappa shape index (κ1) is 12.7. The van der Waals surface area contributed by atoms with Crippen molar-refractivity contribution in [3.05, 3.63) is 0 Å². The van der Waals surface area contributed by atoms with Gasteiger partial charge in [-0.3, -0.25) is 20.0 Å². The Morgan fingerprint density at radius 3 is 1.36 bits per heavy atom. The molecule has 0 spiro atoms. The summed E-state index contributed by atoms with van der Waals surface area (Å²) in [5.41, 5.74) is 2.01. The fourth-order valence-electron chi connectivity index (χ4n) is 0.615. The summed E-state index contributed by atoms with van der Waals surface area (Å²) in [6.45, 7) is 0. The van der Waals surface area contributed by atoms with Crippen LogP contribution in [0.15, 0.2) is 0 Å². The molecule has 0 saturated carbocycles. The van der Waals surface area contributed by atoms with Gasteiger partial charge >= 0.3 is 0 Å². The third kappa shape index (κ3) is 2.90. The van der Waals surface area contributed by atoms with E-state index in [4.69, 9.17) is 25.7 Å². The highest BCUT2D eigenvalue weighted by Gasteiger charge is 2.34. The van der Waals surface area contributed by atoms with Crippen molar-refractivity contribution in [2.75, 3.05) is 0 Å². The molecule has 0 bridgehead atoms. The molecular formula is C5H10N2O7. The fraction of sp³-hybridized carbons (Fsp3) is 0.600. The maximum absolute atomic E-state index is 10.5. The van der Waals surface area contributed by atoms with Crippen molar-refractivity contribution in [3.63, 3.8) is 0 Å². The zero-order valence-corrected chi connectivity index (χ0v) is 6.78. The van der Waals surface area contributed by atoms with Gasteiger partial charge in [-0.05, 0) is 0 Å². The third-order valence-electron chi connectivity index (χ3n) is 1.40. The van der Waals surface area contributed by atoms with Gasteiger partial charge in [0.1, 0.15) is 6.10 Å². The highest BCUT2D eigenvalue weighted by atomic mass is 16.5. The largest absolute Gasteiger partial charge is 0.387 e. The molecular weight excluding hydrogens is 200 g/mol. The predicted molar refractivity (Wildman–Crippen MR) is 37.9 cm³/mol. The molecule has 2 amide bonds. The fourth-order valence-corrected chi connectivity index (χ4v) is 0.615. The monoisotopic (exact) mass is 210 g/mol. The number of hydroxylamine groups is 2. The van der Waals surface area contributed by atoms with Crippen molar-refractivity contribution < 1.29 is 35.3 Å². The molecule has 0 rings (SSSR count). The lowest BCUT2D eigenvalue weighted by Crippen LogP contribution is -2.51. The van der Waals surface area contributed by atoms with Crippen LogP contribution in [0.1, 0.15) is 0 Å². The highest BCUT2D eigenvalue weighted by Crippen LogP contribution is 2.00. The Hall–Kier alpha value is -1.26. The summed E-state index contributed by atoms with van der Waals surface area (Å²) in [7, 11) is 0. The van der Waals surface area contributed by atoms with Gasteiger partial charge in [0.05, 0.1) is 0 Å². The molecule has 0 radical (unpaired) electrons. The predicted octanol–water partition coefficient (Wildman–Crippen LogP) is -3.92. The van der Waals surface area contributed by atoms with E-state index in [0.717, 1.165) is 11.0 Å². The van der Waals surface area contributed by atoms with E-state index in [0.29, 0.717) is 0 Å². The Kier molecular flexibility index (Phi) is 4.97. The molecule has 0 unspecified atom stereocenters. The summed E-state index contributed by atoms with van der Waals surface area (Å²) in [5.74, 6) is -2.80. The molecule has 0 aromatic carbocycles. The summed E-state index contributed by atoms with van der Waals surface area (Å²) < 4.78 is 0. The molecule has 7 N–H and O–H groups in total. The molecule has 9 nitrogen and oxygen atoms in total. The second-order valence-corrected chi connectivity index (χ2v) is 2.33. The van der Waals surface area contributed by atoms with E-state index in [-0.39, 0.29) is 0 Å². The van der Waals surface area contributed by atoms with Crippen LogP contribution in [0.5, 0.6) is 0 Å². The van der Waals surface area contributed by atoms with Crippen molar-refractivity contribution >= 4 is 11.8 Å². The van der Waals surface area contributed by atoms with E-state index < -0.39 is 30.1 Å². The summed E-state index contributed by atoms with van der Waals surface area (Å²) in [6.07, 6.45) is -6.58. The molecule has 0 saturated heterocycles. The average Bonchev–Trinajstić information content (AvgIpc) is 2.23. The van der Waals surface area contributed by atoms with Gasteiger partial charge in [0.25, 0.3) is 11.8 Å². The smallest absolute Gasteiger partial charge is 0.274 e. The summed E-state index contributed by atoms with van der Waals surface area (Å²) in [5, 5.41) is 42.7. The number of amides is 2. The topological polar surface area (TPSA) is 159 Å². The maximum atomic E-state index is 10.5. The van der Waals surface area contributed by atoms with Gasteiger partial charge in [-0.1, -0.05) is 0 Å². The van der Waals surface area contributed by atoms with E-state index in [1.165, 1.54) is 0 Å². The van der Waals surface area contributed by atoms with E-state index >= 15 is 0 Å². The van der Waals surface area contributed by atoms with E-state index in [9.17, 15) is 9.59 Å². The van der Waals surface area contributed by atoms with Crippen molar-refractivity contribution in [3.8, 4) is 0 Å². The number of hydrogen-bond donors (Lipinski definition) is 7. The molecule has 0 fully saturated rings. The van der Waals surface area contributed by atoms with Gasteiger partial charge in [0, 0.05) is 0 Å². The van der Waals surface area contributed by atoms with E-state index in [2.05, 4.69) is 0 Å². The summed E-state index contributed by atoms with van der Waals surface area (Å²) >= 11 is 0. The van der Waals surface area contributed by atoms with E-state index in [1.54, 1.807) is 0 Å². The molecule has 0 heterocycles. The average molecular weight is 210 g/mol. The molecule has 0 aliphatic heterocycles. The molecule has 0 aromatic heterocycles. The van der Waals surface area contributed by atoms with Crippen LogP contribution < -0.4 is 11.0 Å². The Labute approximate surface area is 77.5 Å². The maximum Gasteiger partial charge on any atom is 0.274 e. The van der Waals surface area contributed by atoms with Crippen molar-refractivity contribution in [1.29, 1.82) is 0 Å². The zero-order valence-electron chi connectivity index (χ0n) is 6.78. The van der Waals surface area contributed by atoms with Crippen LogP contribution in [-0.2, 0) is 9.59 Å². The first-order valence-electron chi connectivity index (χ1n) is 3.37. The van der Waals surface area contributed by atoms with Gasteiger partial charge in [-0.15, -0.1) is 0 Å². The number of carbonyl (C=O) groups is 2. The Balaban J connectivity index is 4.37. The van der Waals surface area contributed by atoms with Crippen LogP contribution in [0.2, 0.25) is 0 Å². The zero-order chi connectivity index (χ0) is 11.3. The standard InChI is InChI=1S/C5H10N2O7/c8-1(2(9)4(11)6-13)3(10)5(12)7-14/h1-3,8-10,13-14H,(H,6,11)(H,7,12)/t2-,3-/m0/s1. The van der Waals surface area contributed by atoms with Crippen LogP contribution in [0.25, 0.3) is 0 Å². The second kappa shape index (κ2) is 5.47.